The molecule has 1 aromatic heterocycles. The summed E-state index contributed by atoms with van der Waals surface area (Å²) in [5.41, 5.74) is 0.828. The first-order chi connectivity index (χ1) is 11.5. The monoisotopic (exact) mass is 385 g/mol. The smallest absolute Gasteiger partial charge is 0.233 e. The minimum absolute atomic E-state index is 0.0936. The highest BCUT2D eigenvalue weighted by Crippen LogP contribution is 2.37. The number of tetrazole rings is 1. The van der Waals surface area contributed by atoms with Crippen LogP contribution in [0.4, 0.5) is 0 Å². The number of carbonyl (C=O) groups excluding carboxylic acids is 1. The van der Waals surface area contributed by atoms with Gasteiger partial charge < -0.3 is 5.32 Å². The number of aromatic nitrogens is 4. The fraction of sp³-hybridized carbons (Fsp3) is 0.467. The van der Waals surface area contributed by atoms with Gasteiger partial charge in [0.25, 0.3) is 0 Å². The average Bonchev–Trinajstić information content (AvgIpc) is 3.27. The number of carbonyl (C=O) groups is 1. The molecule has 1 fully saturated rings. The van der Waals surface area contributed by atoms with Gasteiger partial charge >= 0.3 is 0 Å². The third kappa shape index (κ3) is 4.02. The van der Waals surface area contributed by atoms with E-state index >= 15 is 0 Å². The minimum Gasteiger partial charge on any atom is -0.349 e. The van der Waals surface area contributed by atoms with Crippen LogP contribution in [0.2, 0.25) is 10.0 Å². The minimum atomic E-state index is -0.318. The van der Waals surface area contributed by atoms with Gasteiger partial charge in [-0.2, -0.15) is 0 Å². The molecule has 0 unspecified atom stereocenters. The Morgan fingerprint density at radius 1 is 1.38 bits per heavy atom. The summed E-state index contributed by atoms with van der Waals surface area (Å²) >= 11 is 13.5. The largest absolute Gasteiger partial charge is 0.349 e. The number of nitrogens with one attached hydrogen (secondary N) is 1. The van der Waals surface area contributed by atoms with Crippen molar-refractivity contribution in [3.8, 4) is 0 Å². The molecule has 1 saturated carbocycles. The summed E-state index contributed by atoms with van der Waals surface area (Å²) in [5, 5.41) is 16.1. The van der Waals surface area contributed by atoms with Crippen molar-refractivity contribution in [2.75, 3.05) is 0 Å². The molecule has 1 heterocycles. The van der Waals surface area contributed by atoms with Gasteiger partial charge in [-0.05, 0) is 54.8 Å². The predicted octanol–water partition coefficient (Wildman–Crippen LogP) is 3.67. The molecule has 6 nitrogen and oxygen atoms in total. The summed E-state index contributed by atoms with van der Waals surface area (Å²) in [4.78, 5) is 12.4. The molecule has 1 amide bonds. The Kier molecular flexibility index (Phi) is 5.32. The van der Waals surface area contributed by atoms with Crippen molar-refractivity contribution in [2.45, 2.75) is 49.2 Å². The molecule has 0 radical (unpaired) electrons. The predicted molar refractivity (Wildman–Crippen MR) is 94.4 cm³/mol. The van der Waals surface area contributed by atoms with Crippen molar-refractivity contribution in [1.29, 1.82) is 0 Å². The second-order valence-electron chi connectivity index (χ2n) is 5.79. The van der Waals surface area contributed by atoms with Gasteiger partial charge in [-0.1, -0.05) is 41.0 Å². The van der Waals surface area contributed by atoms with E-state index in [0.717, 1.165) is 18.4 Å². The van der Waals surface area contributed by atoms with Gasteiger partial charge in [0.2, 0.25) is 11.1 Å². The van der Waals surface area contributed by atoms with Crippen LogP contribution in [0.5, 0.6) is 0 Å². The normalized spacial score (nSPS) is 16.7. The van der Waals surface area contributed by atoms with E-state index in [4.69, 9.17) is 23.2 Å². The number of nitrogens with zero attached hydrogens (tertiary/aromatic N) is 4. The number of thioether (sulfide) groups is 1. The van der Waals surface area contributed by atoms with Crippen LogP contribution in [-0.4, -0.2) is 31.4 Å². The van der Waals surface area contributed by atoms with Gasteiger partial charge in [0.1, 0.15) is 0 Å². The first-order valence-corrected chi connectivity index (χ1v) is 9.29. The molecule has 1 aliphatic carbocycles. The lowest BCUT2D eigenvalue weighted by molar-refractivity contribution is -0.120. The zero-order valence-electron chi connectivity index (χ0n) is 13.2. The molecule has 0 aliphatic heterocycles. The standard InChI is InChI=1S/C15H17Cl2N5OS/c1-8(12-6-3-10(16)7-13(12)17)18-14(23)9(2)24-15-19-20-21-22(15)11-4-5-11/h3,6-9,11H,4-5H2,1-2H3,(H,18,23)/t8-,9-/m1/s1. The van der Waals surface area contributed by atoms with E-state index < -0.39 is 0 Å². The maximum absolute atomic E-state index is 12.4. The van der Waals surface area contributed by atoms with Crippen LogP contribution in [0.25, 0.3) is 0 Å². The molecule has 0 bridgehead atoms. The fourth-order valence-corrected chi connectivity index (χ4v) is 3.72. The van der Waals surface area contributed by atoms with E-state index in [-0.39, 0.29) is 17.2 Å². The van der Waals surface area contributed by atoms with Crippen LogP contribution >= 0.6 is 35.0 Å². The third-order valence-electron chi connectivity index (χ3n) is 3.79. The zero-order valence-corrected chi connectivity index (χ0v) is 15.6. The van der Waals surface area contributed by atoms with Crippen molar-refractivity contribution in [1.82, 2.24) is 25.5 Å². The molecule has 24 heavy (non-hydrogen) atoms. The summed E-state index contributed by atoms with van der Waals surface area (Å²) in [7, 11) is 0. The lowest BCUT2D eigenvalue weighted by atomic mass is 10.1. The quantitative estimate of drug-likeness (QED) is 0.767. The summed E-state index contributed by atoms with van der Waals surface area (Å²) < 4.78 is 1.80. The number of halogens is 2. The van der Waals surface area contributed by atoms with Crippen molar-refractivity contribution in [3.63, 3.8) is 0 Å². The summed E-state index contributed by atoms with van der Waals surface area (Å²) in [6.07, 6.45) is 2.18. The Labute approximate surface area is 154 Å². The molecule has 128 valence electrons. The van der Waals surface area contributed by atoms with E-state index in [0.29, 0.717) is 21.2 Å². The van der Waals surface area contributed by atoms with Crippen molar-refractivity contribution in [3.05, 3.63) is 33.8 Å². The Morgan fingerprint density at radius 2 is 2.12 bits per heavy atom. The number of amides is 1. The Hall–Kier alpha value is -1.31. The zero-order chi connectivity index (χ0) is 17.3. The highest BCUT2D eigenvalue weighted by atomic mass is 35.5. The van der Waals surface area contributed by atoms with Crippen LogP contribution in [-0.2, 0) is 4.79 Å². The highest BCUT2D eigenvalue weighted by molar-refractivity contribution is 8.00. The molecule has 3 rings (SSSR count). The maximum atomic E-state index is 12.4. The van der Waals surface area contributed by atoms with Crippen LogP contribution in [0, 0.1) is 0 Å². The van der Waals surface area contributed by atoms with Crippen LogP contribution in [0.3, 0.4) is 0 Å². The molecule has 1 aromatic carbocycles. The van der Waals surface area contributed by atoms with E-state index in [1.807, 2.05) is 19.9 Å². The van der Waals surface area contributed by atoms with Gasteiger partial charge in [0.05, 0.1) is 17.3 Å². The van der Waals surface area contributed by atoms with E-state index in [2.05, 4.69) is 20.8 Å². The first kappa shape index (κ1) is 17.5. The summed E-state index contributed by atoms with van der Waals surface area (Å²) in [5.74, 6) is -0.0936. The molecule has 2 aromatic rings. The lowest BCUT2D eigenvalue weighted by Gasteiger charge is -2.18. The molecular formula is C15H17Cl2N5OS. The van der Waals surface area contributed by atoms with Crippen molar-refractivity contribution < 1.29 is 4.79 Å². The molecule has 0 spiro atoms. The second-order valence-corrected chi connectivity index (χ2v) is 7.94. The van der Waals surface area contributed by atoms with E-state index in [9.17, 15) is 4.79 Å². The summed E-state index contributed by atoms with van der Waals surface area (Å²) in [6, 6.07) is 5.41. The Bertz CT molecular complexity index is 749. The number of benzene rings is 1. The van der Waals surface area contributed by atoms with Crippen LogP contribution in [0.15, 0.2) is 23.4 Å². The van der Waals surface area contributed by atoms with Gasteiger partial charge in [0, 0.05) is 10.0 Å². The topological polar surface area (TPSA) is 72.7 Å². The van der Waals surface area contributed by atoms with Crippen LogP contribution < -0.4 is 5.32 Å². The Morgan fingerprint density at radius 3 is 2.79 bits per heavy atom. The molecule has 2 atom stereocenters. The van der Waals surface area contributed by atoms with E-state index in [1.54, 1.807) is 16.8 Å². The van der Waals surface area contributed by atoms with Gasteiger partial charge in [-0.15, -0.1) is 5.10 Å². The number of hydrogen-bond donors (Lipinski definition) is 1. The number of rotatable bonds is 6. The fourth-order valence-electron chi connectivity index (χ4n) is 2.28. The van der Waals surface area contributed by atoms with Crippen molar-refractivity contribution in [2.24, 2.45) is 0 Å². The average molecular weight is 386 g/mol. The highest BCUT2D eigenvalue weighted by Gasteiger charge is 2.29. The second kappa shape index (κ2) is 7.29. The Balaban J connectivity index is 1.62. The molecule has 1 N–H and O–H groups in total. The molecule has 1 aliphatic rings. The van der Waals surface area contributed by atoms with Gasteiger partial charge in [-0.3, -0.25) is 4.79 Å². The van der Waals surface area contributed by atoms with E-state index in [1.165, 1.54) is 11.8 Å². The van der Waals surface area contributed by atoms with Crippen molar-refractivity contribution >= 4 is 40.9 Å². The lowest BCUT2D eigenvalue weighted by Crippen LogP contribution is -2.33. The summed E-state index contributed by atoms with van der Waals surface area (Å²) in [6.45, 7) is 3.72. The first-order valence-electron chi connectivity index (χ1n) is 7.65. The SMILES string of the molecule is C[C@@H](Sc1nnnn1C1CC1)C(=O)N[C@H](C)c1ccc(Cl)cc1Cl. The van der Waals surface area contributed by atoms with Gasteiger partial charge in [0.15, 0.2) is 0 Å². The third-order valence-corrected chi connectivity index (χ3v) is 5.40. The van der Waals surface area contributed by atoms with Crippen LogP contribution in [0.1, 0.15) is 44.3 Å². The number of hydrogen-bond acceptors (Lipinski definition) is 5. The van der Waals surface area contributed by atoms with Gasteiger partial charge in [-0.25, -0.2) is 4.68 Å². The maximum Gasteiger partial charge on any atom is 0.233 e. The molecule has 0 saturated heterocycles. The molecular weight excluding hydrogens is 369 g/mol. The molecule has 9 heteroatoms.